The summed E-state index contributed by atoms with van der Waals surface area (Å²) in [5, 5.41) is 9.31. The first-order valence-corrected chi connectivity index (χ1v) is 12.0. The number of rotatable bonds is 6. The van der Waals surface area contributed by atoms with Crippen molar-refractivity contribution in [3.8, 4) is 17.3 Å². The maximum atomic E-state index is 14.1. The number of para-hydroxylation sites is 1. The number of piperazine rings is 1. The second-order valence-electron chi connectivity index (χ2n) is 8.07. The van der Waals surface area contributed by atoms with Crippen molar-refractivity contribution in [2.75, 3.05) is 36.8 Å². The maximum Gasteiger partial charge on any atom is 0.233 e. The van der Waals surface area contributed by atoms with E-state index in [1.807, 2.05) is 63.8 Å². The molecule has 1 aliphatic rings. The summed E-state index contributed by atoms with van der Waals surface area (Å²) in [7, 11) is 0. The van der Waals surface area contributed by atoms with Crippen LogP contribution < -0.4 is 4.90 Å². The molecule has 7 nitrogen and oxygen atoms in total. The molecule has 0 bridgehead atoms. The first-order chi connectivity index (χ1) is 16.6. The Morgan fingerprint density at radius 2 is 1.85 bits per heavy atom. The number of hydrogen-bond acceptors (Lipinski definition) is 6. The van der Waals surface area contributed by atoms with E-state index in [2.05, 4.69) is 10.2 Å². The summed E-state index contributed by atoms with van der Waals surface area (Å²) in [4.78, 5) is 16.8. The highest BCUT2D eigenvalue weighted by molar-refractivity contribution is 7.99. The summed E-state index contributed by atoms with van der Waals surface area (Å²) in [5.74, 6) is 1.22. The standard InChI is InChI=1S/C25H24FN5O2S/c1-18-6-4-7-19(16-18)31-24(22-10-5-15-33-22)27-28-25(31)34-17-23(32)30-13-11-29(12-14-30)21-9-3-2-8-20(21)26/h2-10,15-16H,11-14,17H2,1H3. The monoisotopic (exact) mass is 477 g/mol. The number of carbonyl (C=O) groups excluding carboxylic acids is 1. The van der Waals surface area contributed by atoms with E-state index in [1.165, 1.54) is 17.8 Å². The van der Waals surface area contributed by atoms with Crippen LogP contribution in [0.2, 0.25) is 0 Å². The predicted molar refractivity (Wildman–Crippen MR) is 130 cm³/mol. The Hall–Kier alpha value is -3.59. The van der Waals surface area contributed by atoms with E-state index in [9.17, 15) is 9.18 Å². The molecule has 174 valence electrons. The minimum absolute atomic E-state index is 0.0246. The molecule has 0 unspecified atom stereocenters. The third kappa shape index (κ3) is 4.56. The molecular formula is C25H24FN5O2S. The first-order valence-electron chi connectivity index (χ1n) is 11.1. The van der Waals surface area contributed by atoms with Crippen LogP contribution in [-0.2, 0) is 4.79 Å². The zero-order valence-corrected chi connectivity index (χ0v) is 19.5. The average molecular weight is 478 g/mol. The number of thioether (sulfide) groups is 1. The van der Waals surface area contributed by atoms with Crippen molar-refractivity contribution < 1.29 is 13.6 Å². The number of anilines is 1. The molecule has 3 heterocycles. The molecule has 0 aliphatic carbocycles. The minimum Gasteiger partial charge on any atom is -0.461 e. The van der Waals surface area contributed by atoms with Crippen molar-refractivity contribution in [3.63, 3.8) is 0 Å². The molecule has 9 heteroatoms. The molecule has 1 aliphatic heterocycles. The van der Waals surface area contributed by atoms with Gasteiger partial charge in [-0.2, -0.15) is 0 Å². The number of aryl methyl sites for hydroxylation is 1. The van der Waals surface area contributed by atoms with Crippen LogP contribution >= 0.6 is 11.8 Å². The molecule has 1 amide bonds. The molecule has 1 fully saturated rings. The quantitative estimate of drug-likeness (QED) is 0.383. The number of amides is 1. The summed E-state index contributed by atoms with van der Waals surface area (Å²) in [6, 6.07) is 18.4. The summed E-state index contributed by atoms with van der Waals surface area (Å²) in [6.45, 7) is 4.32. The van der Waals surface area contributed by atoms with Crippen molar-refractivity contribution in [1.29, 1.82) is 0 Å². The van der Waals surface area contributed by atoms with Gasteiger partial charge in [-0.25, -0.2) is 4.39 Å². The fourth-order valence-electron chi connectivity index (χ4n) is 4.05. The highest BCUT2D eigenvalue weighted by Gasteiger charge is 2.24. The minimum atomic E-state index is -0.235. The van der Waals surface area contributed by atoms with Crippen LogP contribution in [0.1, 0.15) is 5.56 Å². The predicted octanol–water partition coefficient (Wildman–Crippen LogP) is 4.42. The van der Waals surface area contributed by atoms with Crippen LogP contribution in [0.4, 0.5) is 10.1 Å². The molecule has 0 saturated carbocycles. The van der Waals surface area contributed by atoms with Gasteiger partial charge in [-0.1, -0.05) is 36.0 Å². The third-order valence-corrected chi connectivity index (χ3v) is 6.70. The van der Waals surface area contributed by atoms with E-state index in [0.717, 1.165) is 11.3 Å². The largest absolute Gasteiger partial charge is 0.461 e. The second-order valence-corrected chi connectivity index (χ2v) is 9.01. The van der Waals surface area contributed by atoms with Gasteiger partial charge in [0.25, 0.3) is 0 Å². The van der Waals surface area contributed by atoms with Crippen LogP contribution in [0.5, 0.6) is 0 Å². The van der Waals surface area contributed by atoms with Gasteiger partial charge in [0.15, 0.2) is 10.9 Å². The Kier molecular flexibility index (Phi) is 6.35. The Morgan fingerprint density at radius 1 is 1.03 bits per heavy atom. The zero-order chi connectivity index (χ0) is 23.5. The summed E-state index contributed by atoms with van der Waals surface area (Å²) in [5.41, 5.74) is 2.60. The van der Waals surface area contributed by atoms with E-state index in [4.69, 9.17) is 4.42 Å². The van der Waals surface area contributed by atoms with Gasteiger partial charge in [-0.05, 0) is 48.9 Å². The van der Waals surface area contributed by atoms with Crippen molar-refractivity contribution in [3.05, 3.63) is 78.3 Å². The van der Waals surface area contributed by atoms with Crippen molar-refractivity contribution in [2.24, 2.45) is 0 Å². The van der Waals surface area contributed by atoms with Crippen LogP contribution in [-0.4, -0.2) is 57.5 Å². The van der Waals surface area contributed by atoms with Gasteiger partial charge in [0, 0.05) is 26.2 Å². The summed E-state index contributed by atoms with van der Waals surface area (Å²) >= 11 is 1.35. The molecule has 1 saturated heterocycles. The normalized spacial score (nSPS) is 13.9. The second kappa shape index (κ2) is 9.72. The van der Waals surface area contributed by atoms with Crippen molar-refractivity contribution >= 4 is 23.4 Å². The topological polar surface area (TPSA) is 67.4 Å². The Morgan fingerprint density at radius 3 is 2.59 bits per heavy atom. The van der Waals surface area contributed by atoms with E-state index in [1.54, 1.807) is 18.4 Å². The van der Waals surface area contributed by atoms with Crippen molar-refractivity contribution in [1.82, 2.24) is 19.7 Å². The highest BCUT2D eigenvalue weighted by atomic mass is 32.2. The average Bonchev–Trinajstić information content (AvgIpc) is 3.53. The first kappa shape index (κ1) is 22.2. The lowest BCUT2D eigenvalue weighted by molar-refractivity contribution is -0.128. The molecule has 0 atom stereocenters. The summed E-state index contributed by atoms with van der Waals surface area (Å²) in [6.07, 6.45) is 1.60. The SMILES string of the molecule is Cc1cccc(-n2c(SCC(=O)N3CCN(c4ccccc4F)CC3)nnc2-c2ccco2)c1. The van der Waals surface area contributed by atoms with Crippen LogP contribution in [0.3, 0.4) is 0 Å². The van der Waals surface area contributed by atoms with Crippen molar-refractivity contribution in [2.45, 2.75) is 12.1 Å². The lowest BCUT2D eigenvalue weighted by Gasteiger charge is -2.36. The van der Waals surface area contributed by atoms with Gasteiger partial charge in [-0.3, -0.25) is 9.36 Å². The fraction of sp³-hybridized carbons (Fsp3) is 0.240. The van der Waals surface area contributed by atoms with Gasteiger partial charge in [0.05, 0.1) is 23.4 Å². The smallest absolute Gasteiger partial charge is 0.233 e. The number of furan rings is 1. The van der Waals surface area contributed by atoms with E-state index in [-0.39, 0.29) is 17.5 Å². The number of hydrogen-bond donors (Lipinski definition) is 0. The number of carbonyl (C=O) groups is 1. The number of benzene rings is 2. The molecule has 2 aromatic carbocycles. The third-order valence-electron chi connectivity index (χ3n) is 5.79. The number of aromatic nitrogens is 3. The molecule has 2 aromatic heterocycles. The molecule has 0 N–H and O–H groups in total. The molecule has 34 heavy (non-hydrogen) atoms. The van der Waals surface area contributed by atoms with Gasteiger partial charge >= 0.3 is 0 Å². The lowest BCUT2D eigenvalue weighted by atomic mass is 10.2. The zero-order valence-electron chi connectivity index (χ0n) is 18.7. The molecule has 5 rings (SSSR count). The molecular weight excluding hydrogens is 453 g/mol. The fourth-order valence-corrected chi connectivity index (χ4v) is 4.91. The molecule has 0 spiro atoms. The summed E-state index contributed by atoms with van der Waals surface area (Å²) < 4.78 is 21.6. The van der Waals surface area contributed by atoms with Crippen LogP contribution in [0.25, 0.3) is 17.3 Å². The number of nitrogens with zero attached hydrogens (tertiary/aromatic N) is 5. The Bertz CT molecular complexity index is 1280. The van der Waals surface area contributed by atoms with Crippen LogP contribution in [0.15, 0.2) is 76.5 Å². The van der Waals surface area contributed by atoms with Gasteiger partial charge in [-0.15, -0.1) is 10.2 Å². The Balaban J connectivity index is 1.28. The maximum absolute atomic E-state index is 14.1. The molecule has 4 aromatic rings. The van der Waals surface area contributed by atoms with E-state index in [0.29, 0.717) is 48.6 Å². The molecule has 0 radical (unpaired) electrons. The van der Waals surface area contributed by atoms with Crippen LogP contribution in [0, 0.1) is 12.7 Å². The van der Waals surface area contributed by atoms with Gasteiger partial charge in [0.1, 0.15) is 5.82 Å². The van der Waals surface area contributed by atoms with E-state index < -0.39 is 0 Å². The lowest BCUT2D eigenvalue weighted by Crippen LogP contribution is -2.49. The van der Waals surface area contributed by atoms with E-state index >= 15 is 0 Å². The highest BCUT2D eigenvalue weighted by Crippen LogP contribution is 2.29. The Labute approximate surface area is 201 Å². The van der Waals surface area contributed by atoms with Gasteiger partial charge < -0.3 is 14.2 Å². The van der Waals surface area contributed by atoms with Gasteiger partial charge in [0.2, 0.25) is 11.7 Å². The number of halogens is 1.